The van der Waals surface area contributed by atoms with E-state index in [1.54, 1.807) is 19.5 Å². The second-order valence-electron chi connectivity index (χ2n) is 6.05. The van der Waals surface area contributed by atoms with Gasteiger partial charge in [-0.15, -0.1) is 0 Å². The molecule has 1 aromatic heterocycles. The number of rotatable bonds is 3. The highest BCUT2D eigenvalue weighted by Gasteiger charge is 2.38. The van der Waals surface area contributed by atoms with Crippen molar-refractivity contribution in [2.75, 3.05) is 14.2 Å². The van der Waals surface area contributed by atoms with Gasteiger partial charge in [0.15, 0.2) is 5.78 Å². The molecule has 0 saturated carbocycles. The molecule has 3 heterocycles. The van der Waals surface area contributed by atoms with Gasteiger partial charge in [0, 0.05) is 29.8 Å². The average Bonchev–Trinajstić information content (AvgIpc) is 2.46. The number of fused-ring (bicyclic) bond motifs is 2. The Hall–Kier alpha value is -1.42. The first kappa shape index (κ1) is 13.6. The summed E-state index contributed by atoms with van der Waals surface area (Å²) in [5.41, 5.74) is 0.692. The molecule has 0 aliphatic carbocycles. The molecule has 20 heavy (non-hydrogen) atoms. The lowest BCUT2D eigenvalue weighted by molar-refractivity contribution is 0.0338. The minimum atomic E-state index is 0.149. The molecule has 1 aromatic rings. The van der Waals surface area contributed by atoms with Gasteiger partial charge in [-0.2, -0.15) is 0 Å². The van der Waals surface area contributed by atoms with Gasteiger partial charge in [0.05, 0.1) is 13.3 Å². The van der Waals surface area contributed by atoms with Crippen molar-refractivity contribution in [2.45, 2.75) is 44.2 Å². The number of Topliss-reactive ketones (excluding diaryl/α,β-unsaturated/α-hetero) is 1. The number of carbonyl (C=O) groups is 1. The largest absolute Gasteiger partial charge is 0.495 e. The van der Waals surface area contributed by atoms with Gasteiger partial charge in [-0.3, -0.25) is 9.78 Å². The number of ketones is 1. The molecule has 4 heteroatoms. The van der Waals surface area contributed by atoms with Gasteiger partial charge in [-0.25, -0.2) is 0 Å². The minimum Gasteiger partial charge on any atom is -0.495 e. The molecule has 2 aliphatic rings. The molecular weight excluding hydrogens is 252 g/mol. The Morgan fingerprint density at radius 3 is 2.65 bits per heavy atom. The normalized spacial score (nSPS) is 30.0. The molecule has 0 radical (unpaired) electrons. The van der Waals surface area contributed by atoms with Crippen molar-refractivity contribution in [1.29, 1.82) is 0 Å². The number of piperidine rings is 2. The number of nitrogens with zero attached hydrogens (tertiary/aromatic N) is 2. The Bertz CT molecular complexity index is 489. The van der Waals surface area contributed by atoms with Crippen LogP contribution in [0.5, 0.6) is 5.75 Å². The lowest BCUT2D eigenvalue weighted by Gasteiger charge is -2.46. The third-order valence-corrected chi connectivity index (χ3v) is 4.94. The summed E-state index contributed by atoms with van der Waals surface area (Å²) in [6, 6.07) is 2.97. The van der Waals surface area contributed by atoms with E-state index in [9.17, 15) is 4.79 Å². The standard InChI is InChI=1S/C16H22N2O2/c1-18-13-4-3-5-14(18)7-11(6-13)16(19)12-8-15(20-2)10-17-9-12/h8-11,13-14H,3-7H2,1-2H3. The summed E-state index contributed by atoms with van der Waals surface area (Å²) in [5, 5.41) is 0. The zero-order valence-electron chi connectivity index (χ0n) is 12.2. The average molecular weight is 274 g/mol. The highest BCUT2D eigenvalue weighted by Crippen LogP contribution is 2.37. The summed E-state index contributed by atoms with van der Waals surface area (Å²) in [6.07, 6.45) is 9.05. The number of aromatic nitrogens is 1. The maximum Gasteiger partial charge on any atom is 0.167 e. The number of pyridine rings is 1. The zero-order valence-corrected chi connectivity index (χ0v) is 12.2. The van der Waals surface area contributed by atoms with E-state index >= 15 is 0 Å². The van der Waals surface area contributed by atoms with E-state index in [2.05, 4.69) is 16.9 Å². The lowest BCUT2D eigenvalue weighted by Crippen LogP contribution is -2.51. The van der Waals surface area contributed by atoms with Gasteiger partial charge < -0.3 is 9.64 Å². The Morgan fingerprint density at radius 1 is 1.30 bits per heavy atom. The van der Waals surface area contributed by atoms with Crippen LogP contribution < -0.4 is 4.74 Å². The molecule has 0 amide bonds. The van der Waals surface area contributed by atoms with Crippen LogP contribution in [-0.4, -0.2) is 41.9 Å². The maximum absolute atomic E-state index is 12.7. The van der Waals surface area contributed by atoms with Crippen LogP contribution >= 0.6 is 0 Å². The van der Waals surface area contributed by atoms with Crippen molar-refractivity contribution in [2.24, 2.45) is 5.92 Å². The van der Waals surface area contributed by atoms with Crippen LogP contribution in [0.2, 0.25) is 0 Å². The predicted molar refractivity (Wildman–Crippen MR) is 77.0 cm³/mol. The molecule has 108 valence electrons. The van der Waals surface area contributed by atoms with Gasteiger partial charge >= 0.3 is 0 Å². The van der Waals surface area contributed by atoms with E-state index in [1.807, 2.05) is 6.07 Å². The molecule has 0 spiro atoms. The molecule has 2 saturated heterocycles. The van der Waals surface area contributed by atoms with Gasteiger partial charge in [0.2, 0.25) is 0 Å². The summed E-state index contributed by atoms with van der Waals surface area (Å²) in [6.45, 7) is 0. The van der Waals surface area contributed by atoms with E-state index in [4.69, 9.17) is 4.74 Å². The van der Waals surface area contributed by atoms with Gasteiger partial charge in [0.1, 0.15) is 5.75 Å². The zero-order chi connectivity index (χ0) is 14.1. The topological polar surface area (TPSA) is 42.4 Å². The summed E-state index contributed by atoms with van der Waals surface area (Å²) in [7, 11) is 3.81. The van der Waals surface area contributed by atoms with Crippen molar-refractivity contribution in [3.63, 3.8) is 0 Å². The second-order valence-corrected chi connectivity index (χ2v) is 6.05. The minimum absolute atomic E-state index is 0.149. The Kier molecular flexibility index (Phi) is 3.74. The molecule has 0 aromatic carbocycles. The number of hydrogen-bond acceptors (Lipinski definition) is 4. The highest BCUT2D eigenvalue weighted by molar-refractivity contribution is 5.98. The second kappa shape index (κ2) is 5.52. The molecule has 2 atom stereocenters. The number of methoxy groups -OCH3 is 1. The van der Waals surface area contributed by atoms with Gasteiger partial charge in [0.25, 0.3) is 0 Å². The first-order chi connectivity index (χ1) is 9.69. The van der Waals surface area contributed by atoms with E-state index in [0.717, 1.165) is 12.8 Å². The van der Waals surface area contributed by atoms with Gasteiger partial charge in [-0.1, -0.05) is 6.42 Å². The SMILES string of the molecule is COc1cncc(C(=O)C2CC3CCCC(C2)N3C)c1. The van der Waals surface area contributed by atoms with E-state index in [-0.39, 0.29) is 11.7 Å². The van der Waals surface area contributed by atoms with Crippen LogP contribution in [-0.2, 0) is 0 Å². The molecular formula is C16H22N2O2. The fraction of sp³-hybridized carbons (Fsp3) is 0.625. The first-order valence-electron chi connectivity index (χ1n) is 7.44. The molecule has 4 nitrogen and oxygen atoms in total. The van der Waals surface area contributed by atoms with E-state index < -0.39 is 0 Å². The van der Waals surface area contributed by atoms with Crippen LogP contribution in [0.25, 0.3) is 0 Å². The highest BCUT2D eigenvalue weighted by atomic mass is 16.5. The Morgan fingerprint density at radius 2 is 2.00 bits per heavy atom. The molecule has 2 unspecified atom stereocenters. The fourth-order valence-corrected chi connectivity index (χ4v) is 3.73. The summed E-state index contributed by atoms with van der Waals surface area (Å²) in [4.78, 5) is 19.3. The Labute approximate surface area is 120 Å². The number of carbonyl (C=O) groups excluding carboxylic acids is 1. The third kappa shape index (κ3) is 2.44. The third-order valence-electron chi connectivity index (χ3n) is 4.94. The summed E-state index contributed by atoms with van der Waals surface area (Å²) >= 11 is 0. The van der Waals surface area contributed by atoms with Crippen molar-refractivity contribution in [3.05, 3.63) is 24.0 Å². The fourth-order valence-electron chi connectivity index (χ4n) is 3.73. The predicted octanol–water partition coefficient (Wildman–Crippen LogP) is 2.54. The van der Waals surface area contributed by atoms with E-state index in [0.29, 0.717) is 23.4 Å². The summed E-state index contributed by atoms with van der Waals surface area (Å²) < 4.78 is 5.16. The smallest absolute Gasteiger partial charge is 0.167 e. The molecule has 2 bridgehead atoms. The number of hydrogen-bond donors (Lipinski definition) is 0. The van der Waals surface area contributed by atoms with Crippen LogP contribution in [0.1, 0.15) is 42.5 Å². The molecule has 2 aliphatic heterocycles. The quantitative estimate of drug-likeness (QED) is 0.794. The molecule has 0 N–H and O–H groups in total. The molecule has 3 rings (SSSR count). The maximum atomic E-state index is 12.7. The van der Waals surface area contributed by atoms with Crippen molar-refractivity contribution in [3.8, 4) is 5.75 Å². The summed E-state index contributed by atoms with van der Waals surface area (Å²) in [5.74, 6) is 1.04. The molecule has 2 fully saturated rings. The van der Waals surface area contributed by atoms with Crippen molar-refractivity contribution >= 4 is 5.78 Å². The van der Waals surface area contributed by atoms with Crippen LogP contribution in [0.15, 0.2) is 18.5 Å². The van der Waals surface area contributed by atoms with E-state index in [1.165, 1.54) is 19.3 Å². The van der Waals surface area contributed by atoms with Crippen molar-refractivity contribution in [1.82, 2.24) is 9.88 Å². The Balaban J connectivity index is 1.77. The van der Waals surface area contributed by atoms with Crippen molar-refractivity contribution < 1.29 is 9.53 Å². The van der Waals surface area contributed by atoms with Crippen LogP contribution in [0.4, 0.5) is 0 Å². The van der Waals surface area contributed by atoms with Gasteiger partial charge in [-0.05, 0) is 38.8 Å². The van der Waals surface area contributed by atoms with Crippen LogP contribution in [0.3, 0.4) is 0 Å². The van der Waals surface area contributed by atoms with Crippen LogP contribution in [0, 0.1) is 5.92 Å². The lowest BCUT2D eigenvalue weighted by atomic mass is 9.76. The number of ether oxygens (including phenoxy) is 1. The monoisotopic (exact) mass is 274 g/mol. The first-order valence-corrected chi connectivity index (χ1v) is 7.44.